The van der Waals surface area contributed by atoms with Gasteiger partial charge in [0.25, 0.3) is 0 Å². The average Bonchev–Trinajstić information content (AvgIpc) is 2.87. The number of hydrogen-bond acceptors (Lipinski definition) is 2. The fourth-order valence-electron chi connectivity index (χ4n) is 2.07. The number of rotatable bonds is 3. The molecular weight excluding hydrogens is 160 g/mol. The molecule has 0 aromatic carbocycles. The molecule has 0 atom stereocenters. The van der Waals surface area contributed by atoms with Crippen molar-refractivity contribution in [2.45, 2.75) is 31.6 Å². The lowest BCUT2D eigenvalue weighted by molar-refractivity contribution is 0.606. The second-order valence-corrected chi connectivity index (χ2v) is 3.99. The highest BCUT2D eigenvalue weighted by atomic mass is 14.7. The van der Waals surface area contributed by atoms with Gasteiger partial charge in [0.1, 0.15) is 0 Å². The van der Waals surface area contributed by atoms with Gasteiger partial charge >= 0.3 is 0 Å². The third-order valence-electron chi connectivity index (χ3n) is 2.99. The van der Waals surface area contributed by atoms with Crippen LogP contribution >= 0.6 is 0 Å². The zero-order valence-corrected chi connectivity index (χ0v) is 8.09. The molecule has 0 spiro atoms. The van der Waals surface area contributed by atoms with Gasteiger partial charge in [-0.15, -0.1) is 0 Å². The predicted octanol–water partition coefficient (Wildman–Crippen LogP) is 1.77. The highest BCUT2D eigenvalue weighted by Gasteiger charge is 2.45. The van der Waals surface area contributed by atoms with Gasteiger partial charge in [0.05, 0.1) is 0 Å². The molecule has 0 amide bonds. The van der Waals surface area contributed by atoms with E-state index in [4.69, 9.17) is 5.73 Å². The summed E-state index contributed by atoms with van der Waals surface area (Å²) in [5.74, 6) is 0. The largest absolute Gasteiger partial charge is 0.330 e. The van der Waals surface area contributed by atoms with Gasteiger partial charge in [0, 0.05) is 17.3 Å². The molecular formula is C11H16N2. The molecule has 0 saturated heterocycles. The van der Waals surface area contributed by atoms with E-state index in [1.165, 1.54) is 24.1 Å². The Bertz CT molecular complexity index is 303. The van der Waals surface area contributed by atoms with E-state index in [-0.39, 0.29) is 0 Å². The number of hydrogen-bond donors (Lipinski definition) is 1. The van der Waals surface area contributed by atoms with E-state index in [2.05, 4.69) is 18.0 Å². The lowest BCUT2D eigenvalue weighted by Gasteiger charge is -2.15. The Morgan fingerprint density at radius 3 is 2.85 bits per heavy atom. The summed E-state index contributed by atoms with van der Waals surface area (Å²) in [6, 6.07) is 4.14. The number of aryl methyl sites for hydroxylation is 1. The molecule has 2 nitrogen and oxygen atoms in total. The third-order valence-corrected chi connectivity index (χ3v) is 2.99. The van der Waals surface area contributed by atoms with Crippen LogP contribution in [0, 0.1) is 6.92 Å². The minimum Gasteiger partial charge on any atom is -0.330 e. The van der Waals surface area contributed by atoms with Gasteiger partial charge in [-0.25, -0.2) is 0 Å². The zero-order chi connectivity index (χ0) is 9.31. The van der Waals surface area contributed by atoms with Gasteiger partial charge in [-0.05, 0) is 44.4 Å². The molecule has 0 radical (unpaired) electrons. The zero-order valence-electron chi connectivity index (χ0n) is 8.09. The quantitative estimate of drug-likeness (QED) is 0.762. The van der Waals surface area contributed by atoms with Crippen molar-refractivity contribution in [2.75, 3.05) is 6.54 Å². The van der Waals surface area contributed by atoms with Crippen molar-refractivity contribution in [3.05, 3.63) is 29.6 Å². The molecule has 70 valence electrons. The monoisotopic (exact) mass is 176 g/mol. The summed E-state index contributed by atoms with van der Waals surface area (Å²) in [7, 11) is 0. The van der Waals surface area contributed by atoms with E-state index in [0.29, 0.717) is 5.41 Å². The van der Waals surface area contributed by atoms with E-state index in [9.17, 15) is 0 Å². The molecule has 1 aromatic rings. The molecule has 1 saturated carbocycles. The van der Waals surface area contributed by atoms with Gasteiger partial charge in [-0.1, -0.05) is 6.07 Å². The smallest absolute Gasteiger partial charge is 0.0494 e. The van der Waals surface area contributed by atoms with Crippen molar-refractivity contribution >= 4 is 0 Å². The summed E-state index contributed by atoms with van der Waals surface area (Å²) in [6.45, 7) is 2.91. The van der Waals surface area contributed by atoms with E-state index >= 15 is 0 Å². The normalized spacial score (nSPS) is 18.6. The molecule has 1 aliphatic carbocycles. The number of pyridine rings is 1. The van der Waals surface area contributed by atoms with Gasteiger partial charge < -0.3 is 5.73 Å². The fourth-order valence-corrected chi connectivity index (χ4v) is 2.07. The third kappa shape index (κ3) is 1.46. The van der Waals surface area contributed by atoms with Crippen LogP contribution in [-0.4, -0.2) is 11.5 Å². The van der Waals surface area contributed by atoms with Gasteiger partial charge in [0.2, 0.25) is 0 Å². The van der Waals surface area contributed by atoms with Crippen LogP contribution in [0.15, 0.2) is 18.3 Å². The summed E-state index contributed by atoms with van der Waals surface area (Å²) >= 11 is 0. The van der Waals surface area contributed by atoms with Crippen molar-refractivity contribution < 1.29 is 0 Å². The van der Waals surface area contributed by atoms with Gasteiger partial charge in [0.15, 0.2) is 0 Å². The van der Waals surface area contributed by atoms with Gasteiger partial charge in [-0.3, -0.25) is 4.98 Å². The summed E-state index contributed by atoms with van der Waals surface area (Å²) in [6.07, 6.45) is 5.51. The van der Waals surface area contributed by atoms with Crippen LogP contribution in [0.3, 0.4) is 0 Å². The topological polar surface area (TPSA) is 38.9 Å². The van der Waals surface area contributed by atoms with E-state index in [0.717, 1.165) is 13.0 Å². The SMILES string of the molecule is Cc1cccnc1C1(CCN)CC1. The summed E-state index contributed by atoms with van der Waals surface area (Å²) in [5, 5.41) is 0. The standard InChI is InChI=1S/C11H16N2/c1-9-3-2-8-13-10(9)11(4-5-11)6-7-12/h2-3,8H,4-7,12H2,1H3. The van der Waals surface area contributed by atoms with Crippen LogP contribution in [0.5, 0.6) is 0 Å². The lowest BCUT2D eigenvalue weighted by atomic mass is 9.94. The molecule has 0 unspecified atom stereocenters. The predicted molar refractivity (Wildman–Crippen MR) is 53.6 cm³/mol. The van der Waals surface area contributed by atoms with Gasteiger partial charge in [-0.2, -0.15) is 0 Å². The Hall–Kier alpha value is -0.890. The van der Waals surface area contributed by atoms with E-state index in [1.54, 1.807) is 0 Å². The minimum atomic E-state index is 0.347. The van der Waals surface area contributed by atoms with Crippen molar-refractivity contribution in [1.82, 2.24) is 4.98 Å². The Kier molecular flexibility index (Phi) is 2.08. The average molecular weight is 176 g/mol. The van der Waals surface area contributed by atoms with Crippen molar-refractivity contribution in [3.63, 3.8) is 0 Å². The maximum absolute atomic E-state index is 5.61. The Balaban J connectivity index is 2.30. The van der Waals surface area contributed by atoms with Crippen molar-refractivity contribution in [1.29, 1.82) is 0 Å². The van der Waals surface area contributed by atoms with Crippen molar-refractivity contribution in [3.8, 4) is 0 Å². The second kappa shape index (κ2) is 3.11. The molecule has 2 heteroatoms. The minimum absolute atomic E-state index is 0.347. The maximum atomic E-state index is 5.61. The first-order valence-corrected chi connectivity index (χ1v) is 4.91. The highest BCUT2D eigenvalue weighted by Crippen LogP contribution is 2.50. The summed E-state index contributed by atoms with van der Waals surface area (Å²) < 4.78 is 0. The lowest BCUT2D eigenvalue weighted by Crippen LogP contribution is -2.16. The second-order valence-electron chi connectivity index (χ2n) is 3.99. The van der Waals surface area contributed by atoms with E-state index < -0.39 is 0 Å². The molecule has 2 N–H and O–H groups in total. The number of nitrogens with two attached hydrogens (primary N) is 1. The Labute approximate surface area is 79.2 Å². The molecule has 1 heterocycles. The number of aromatic nitrogens is 1. The van der Waals surface area contributed by atoms with Crippen LogP contribution in [0.4, 0.5) is 0 Å². The van der Waals surface area contributed by atoms with Crippen LogP contribution in [0.2, 0.25) is 0 Å². The molecule has 0 aliphatic heterocycles. The van der Waals surface area contributed by atoms with Crippen LogP contribution in [0.25, 0.3) is 0 Å². The molecule has 1 aromatic heterocycles. The Morgan fingerprint density at radius 2 is 2.31 bits per heavy atom. The first kappa shape index (κ1) is 8.70. The first-order valence-electron chi connectivity index (χ1n) is 4.91. The van der Waals surface area contributed by atoms with Crippen LogP contribution < -0.4 is 5.73 Å². The van der Waals surface area contributed by atoms with E-state index in [1.807, 2.05) is 12.3 Å². The van der Waals surface area contributed by atoms with Crippen LogP contribution in [-0.2, 0) is 5.41 Å². The first-order chi connectivity index (χ1) is 6.28. The summed E-state index contributed by atoms with van der Waals surface area (Å²) in [5.41, 5.74) is 8.55. The molecule has 2 rings (SSSR count). The molecule has 0 bridgehead atoms. The highest BCUT2D eigenvalue weighted by molar-refractivity contribution is 5.31. The molecule has 1 aliphatic rings. The maximum Gasteiger partial charge on any atom is 0.0494 e. The van der Waals surface area contributed by atoms with Crippen molar-refractivity contribution in [2.24, 2.45) is 5.73 Å². The number of nitrogens with zero attached hydrogens (tertiary/aromatic N) is 1. The fraction of sp³-hybridized carbons (Fsp3) is 0.545. The summed E-state index contributed by atoms with van der Waals surface area (Å²) in [4.78, 5) is 4.48. The molecule has 13 heavy (non-hydrogen) atoms. The van der Waals surface area contributed by atoms with Crippen LogP contribution in [0.1, 0.15) is 30.5 Å². The Morgan fingerprint density at radius 1 is 1.54 bits per heavy atom. The molecule has 1 fully saturated rings.